The van der Waals surface area contributed by atoms with Gasteiger partial charge in [0.1, 0.15) is 0 Å². The number of nitrogens with zero attached hydrogens (tertiary/aromatic N) is 1. The van der Waals surface area contributed by atoms with Crippen molar-refractivity contribution in [2.45, 2.75) is 26.2 Å². The van der Waals surface area contributed by atoms with E-state index in [2.05, 4.69) is 10.6 Å². The van der Waals surface area contributed by atoms with Crippen molar-refractivity contribution in [3.8, 4) is 0 Å². The Hall–Kier alpha value is -2.89. The molecular weight excluding hydrogens is 330 g/mol. The molecule has 136 valence electrons. The number of hydrogen-bond acceptors (Lipinski definition) is 3. The fraction of sp³-hybridized carbons (Fsp3) is 0.350. The van der Waals surface area contributed by atoms with E-state index in [1.165, 1.54) is 4.90 Å². The maximum Gasteiger partial charge on any atom is 0.314 e. The Morgan fingerprint density at radius 2 is 1.54 bits per heavy atom. The fourth-order valence-corrected chi connectivity index (χ4v) is 3.18. The van der Waals surface area contributed by atoms with Crippen molar-refractivity contribution in [2.75, 3.05) is 19.6 Å². The molecule has 0 aliphatic carbocycles. The van der Waals surface area contributed by atoms with E-state index in [4.69, 9.17) is 0 Å². The van der Waals surface area contributed by atoms with Crippen LogP contribution in [0.25, 0.3) is 10.8 Å². The third kappa shape index (κ3) is 3.54. The molecule has 0 atom stereocenters. The van der Waals surface area contributed by atoms with E-state index in [1.54, 1.807) is 12.1 Å². The Balaban J connectivity index is 1.60. The monoisotopic (exact) mass is 353 g/mol. The van der Waals surface area contributed by atoms with Crippen LogP contribution in [0.4, 0.5) is 4.79 Å². The molecule has 0 bridgehead atoms. The Morgan fingerprint density at radius 1 is 0.923 bits per heavy atom. The zero-order valence-electron chi connectivity index (χ0n) is 14.9. The van der Waals surface area contributed by atoms with Gasteiger partial charge < -0.3 is 10.6 Å². The maximum absolute atomic E-state index is 12.7. The number of hydrogen-bond donors (Lipinski definition) is 2. The van der Waals surface area contributed by atoms with E-state index in [0.717, 1.165) is 17.2 Å². The number of nitrogens with one attached hydrogen (secondary N) is 2. The summed E-state index contributed by atoms with van der Waals surface area (Å²) in [4.78, 5) is 38.2. The van der Waals surface area contributed by atoms with Crippen LogP contribution in [0.5, 0.6) is 0 Å². The van der Waals surface area contributed by atoms with Crippen LogP contribution in [-0.2, 0) is 0 Å². The van der Waals surface area contributed by atoms with E-state index >= 15 is 0 Å². The SMILES string of the molecule is CCCNC(=O)NCCCCN1C(=O)c2cccc3cccc(c23)C1=O. The molecule has 3 rings (SSSR count). The first-order valence-electron chi connectivity index (χ1n) is 9.03. The van der Waals surface area contributed by atoms with E-state index < -0.39 is 0 Å². The number of carbonyl (C=O) groups is 3. The lowest BCUT2D eigenvalue weighted by molar-refractivity contribution is 0.0608. The molecule has 0 radical (unpaired) electrons. The van der Waals surface area contributed by atoms with Gasteiger partial charge >= 0.3 is 6.03 Å². The molecule has 1 heterocycles. The van der Waals surface area contributed by atoms with Crippen molar-refractivity contribution in [1.82, 2.24) is 15.5 Å². The first kappa shape index (κ1) is 17.9. The predicted octanol–water partition coefficient (Wildman–Crippen LogP) is 2.93. The van der Waals surface area contributed by atoms with Gasteiger partial charge in [0.2, 0.25) is 0 Å². The second-order valence-corrected chi connectivity index (χ2v) is 6.36. The molecule has 0 saturated heterocycles. The standard InChI is InChI=1S/C20H23N3O3/c1-2-11-21-20(26)22-12-3-4-13-23-18(24)15-9-5-7-14-8-6-10-16(17(14)15)19(23)25/h5-10H,2-4,11-13H2,1H3,(H2,21,22,26). The molecule has 0 aromatic heterocycles. The van der Waals surface area contributed by atoms with Gasteiger partial charge in [-0.1, -0.05) is 31.2 Å². The molecule has 4 amide bonds. The molecule has 26 heavy (non-hydrogen) atoms. The Labute approximate surface area is 152 Å². The molecule has 0 unspecified atom stereocenters. The largest absolute Gasteiger partial charge is 0.338 e. The van der Waals surface area contributed by atoms with Crippen molar-refractivity contribution >= 4 is 28.6 Å². The summed E-state index contributed by atoms with van der Waals surface area (Å²) in [5, 5.41) is 7.16. The highest BCUT2D eigenvalue weighted by atomic mass is 16.2. The Morgan fingerprint density at radius 3 is 2.15 bits per heavy atom. The average molecular weight is 353 g/mol. The molecule has 1 aliphatic rings. The number of urea groups is 1. The van der Waals surface area contributed by atoms with Crippen LogP contribution in [0.2, 0.25) is 0 Å². The summed E-state index contributed by atoms with van der Waals surface area (Å²) in [5.41, 5.74) is 1.16. The van der Waals surface area contributed by atoms with Crippen LogP contribution in [0.1, 0.15) is 46.9 Å². The van der Waals surface area contributed by atoms with Gasteiger partial charge in [-0.05, 0) is 36.8 Å². The van der Waals surface area contributed by atoms with E-state index in [0.29, 0.717) is 43.6 Å². The maximum atomic E-state index is 12.7. The summed E-state index contributed by atoms with van der Waals surface area (Å²) in [5.74, 6) is -0.485. The van der Waals surface area contributed by atoms with Gasteiger partial charge in [0.25, 0.3) is 11.8 Å². The van der Waals surface area contributed by atoms with Gasteiger partial charge in [0, 0.05) is 36.1 Å². The topological polar surface area (TPSA) is 78.5 Å². The molecular formula is C20H23N3O3. The molecule has 6 heteroatoms. The highest BCUT2D eigenvalue weighted by Gasteiger charge is 2.31. The van der Waals surface area contributed by atoms with Crippen molar-refractivity contribution in [3.63, 3.8) is 0 Å². The Kier molecular flexibility index (Phi) is 5.51. The van der Waals surface area contributed by atoms with Crippen LogP contribution < -0.4 is 10.6 Å². The van der Waals surface area contributed by atoms with Crippen molar-refractivity contribution in [3.05, 3.63) is 47.5 Å². The lowest BCUT2D eigenvalue weighted by Gasteiger charge is -2.27. The third-order valence-corrected chi connectivity index (χ3v) is 4.49. The van der Waals surface area contributed by atoms with Crippen molar-refractivity contribution in [2.24, 2.45) is 0 Å². The summed E-state index contributed by atoms with van der Waals surface area (Å²) in [6, 6.07) is 10.9. The number of amides is 4. The van der Waals surface area contributed by atoms with Gasteiger partial charge in [-0.3, -0.25) is 14.5 Å². The number of rotatable bonds is 7. The minimum Gasteiger partial charge on any atom is -0.338 e. The van der Waals surface area contributed by atoms with E-state index in [9.17, 15) is 14.4 Å². The molecule has 2 aromatic carbocycles. The normalized spacial score (nSPS) is 13.2. The molecule has 0 fully saturated rings. The molecule has 0 spiro atoms. The van der Waals surface area contributed by atoms with Gasteiger partial charge in [-0.2, -0.15) is 0 Å². The molecule has 0 saturated carbocycles. The number of benzene rings is 2. The van der Waals surface area contributed by atoms with Gasteiger partial charge in [0.05, 0.1) is 0 Å². The molecule has 2 N–H and O–H groups in total. The van der Waals surface area contributed by atoms with Crippen LogP contribution in [0.3, 0.4) is 0 Å². The second-order valence-electron chi connectivity index (χ2n) is 6.36. The predicted molar refractivity (Wildman–Crippen MR) is 100 cm³/mol. The summed E-state index contributed by atoms with van der Waals surface area (Å²) in [6.45, 7) is 3.50. The van der Waals surface area contributed by atoms with Crippen LogP contribution in [0, 0.1) is 0 Å². The van der Waals surface area contributed by atoms with Gasteiger partial charge in [0.15, 0.2) is 0 Å². The smallest absolute Gasteiger partial charge is 0.314 e. The van der Waals surface area contributed by atoms with Crippen LogP contribution in [-0.4, -0.2) is 42.4 Å². The fourth-order valence-electron chi connectivity index (χ4n) is 3.18. The summed E-state index contributed by atoms with van der Waals surface area (Å²) >= 11 is 0. The summed E-state index contributed by atoms with van der Waals surface area (Å²) < 4.78 is 0. The molecule has 1 aliphatic heterocycles. The third-order valence-electron chi connectivity index (χ3n) is 4.49. The van der Waals surface area contributed by atoms with E-state index in [-0.39, 0.29) is 17.8 Å². The lowest BCUT2D eigenvalue weighted by atomic mass is 9.94. The Bertz CT molecular complexity index is 797. The average Bonchev–Trinajstić information content (AvgIpc) is 2.66. The summed E-state index contributed by atoms with van der Waals surface area (Å²) in [7, 11) is 0. The highest BCUT2D eigenvalue weighted by molar-refractivity contribution is 6.25. The van der Waals surface area contributed by atoms with Gasteiger partial charge in [-0.25, -0.2) is 4.79 Å². The first-order chi connectivity index (χ1) is 12.6. The van der Waals surface area contributed by atoms with Crippen molar-refractivity contribution in [1.29, 1.82) is 0 Å². The zero-order chi connectivity index (χ0) is 18.5. The molecule has 6 nitrogen and oxygen atoms in total. The quantitative estimate of drug-likeness (QED) is 0.593. The lowest BCUT2D eigenvalue weighted by Crippen LogP contribution is -2.41. The number of imide groups is 1. The van der Waals surface area contributed by atoms with Crippen molar-refractivity contribution < 1.29 is 14.4 Å². The summed E-state index contributed by atoms with van der Waals surface area (Å²) in [6.07, 6.45) is 2.23. The zero-order valence-corrected chi connectivity index (χ0v) is 14.9. The van der Waals surface area contributed by atoms with Crippen LogP contribution in [0.15, 0.2) is 36.4 Å². The highest BCUT2D eigenvalue weighted by Crippen LogP contribution is 2.29. The second kappa shape index (κ2) is 7.99. The van der Waals surface area contributed by atoms with Gasteiger partial charge in [-0.15, -0.1) is 0 Å². The number of carbonyl (C=O) groups excluding carboxylic acids is 3. The van der Waals surface area contributed by atoms with Crippen LogP contribution >= 0.6 is 0 Å². The number of unbranched alkanes of at least 4 members (excludes halogenated alkanes) is 1. The van der Waals surface area contributed by atoms with E-state index in [1.807, 2.05) is 31.2 Å². The minimum absolute atomic E-state index is 0.183. The first-order valence-corrected chi connectivity index (χ1v) is 9.03. The molecule has 2 aromatic rings. The minimum atomic E-state index is -0.243.